The van der Waals surface area contributed by atoms with Crippen molar-refractivity contribution in [2.75, 3.05) is 26.4 Å². The molecule has 2 saturated heterocycles. The van der Waals surface area contributed by atoms with Crippen LogP contribution in [0, 0.1) is 5.92 Å². The first-order valence-electron chi connectivity index (χ1n) is 7.93. The molecular weight excluding hydrogens is 350 g/mol. The quantitative estimate of drug-likeness (QED) is 0.860. The van der Waals surface area contributed by atoms with E-state index in [1.807, 2.05) is 11.3 Å². The van der Waals surface area contributed by atoms with Gasteiger partial charge >= 0.3 is 0 Å². The van der Waals surface area contributed by atoms with Crippen LogP contribution in [-0.4, -0.2) is 32.0 Å². The summed E-state index contributed by atoms with van der Waals surface area (Å²) in [7, 11) is 0. The summed E-state index contributed by atoms with van der Waals surface area (Å²) in [4.78, 5) is 1.44. The smallest absolute Gasteiger partial charge is 0.0729 e. The van der Waals surface area contributed by atoms with E-state index in [0.717, 1.165) is 52.0 Å². The van der Waals surface area contributed by atoms with E-state index in [2.05, 4.69) is 40.3 Å². The predicted molar refractivity (Wildman–Crippen MR) is 89.9 cm³/mol. The summed E-state index contributed by atoms with van der Waals surface area (Å²) in [5.74, 6) is 0.655. The molecular formula is C16H24BrNO2S. The predicted octanol–water partition coefficient (Wildman–Crippen LogP) is 4.14. The first-order valence-corrected chi connectivity index (χ1v) is 9.54. The van der Waals surface area contributed by atoms with E-state index < -0.39 is 0 Å². The van der Waals surface area contributed by atoms with Gasteiger partial charge in [-0.25, -0.2) is 0 Å². The van der Waals surface area contributed by atoms with Crippen molar-refractivity contribution >= 4 is 27.3 Å². The summed E-state index contributed by atoms with van der Waals surface area (Å²) < 4.78 is 12.9. The Morgan fingerprint density at radius 1 is 1.38 bits per heavy atom. The second-order valence-electron chi connectivity index (χ2n) is 6.07. The van der Waals surface area contributed by atoms with Gasteiger partial charge in [0.2, 0.25) is 0 Å². The van der Waals surface area contributed by atoms with Crippen molar-refractivity contribution in [1.29, 1.82) is 0 Å². The fourth-order valence-electron chi connectivity index (χ4n) is 3.66. The van der Waals surface area contributed by atoms with Crippen LogP contribution in [0.3, 0.4) is 0 Å². The summed E-state index contributed by atoms with van der Waals surface area (Å²) in [5.41, 5.74) is 0.0727. The van der Waals surface area contributed by atoms with Crippen molar-refractivity contribution in [2.45, 2.75) is 44.2 Å². The number of halogens is 1. The van der Waals surface area contributed by atoms with Gasteiger partial charge in [0.1, 0.15) is 0 Å². The van der Waals surface area contributed by atoms with Crippen LogP contribution in [0.4, 0.5) is 0 Å². The summed E-state index contributed by atoms with van der Waals surface area (Å²) in [6, 6.07) is 4.87. The Balaban J connectivity index is 1.75. The standard InChI is InChI=1S/C16H24BrNO2S/c1-2-18-15(13-3-4-14(17)21-13)12-5-8-20-16(11-12)6-9-19-10-7-16/h3-4,12,15,18H,2,5-11H2,1H3. The molecule has 0 bridgehead atoms. The van der Waals surface area contributed by atoms with Crippen LogP contribution < -0.4 is 5.32 Å². The van der Waals surface area contributed by atoms with Crippen LogP contribution in [0.15, 0.2) is 15.9 Å². The highest BCUT2D eigenvalue weighted by Gasteiger charge is 2.41. The minimum Gasteiger partial charge on any atom is -0.381 e. The number of ether oxygens (including phenoxy) is 2. The first kappa shape index (κ1) is 15.9. The fraction of sp³-hybridized carbons (Fsp3) is 0.750. The van der Waals surface area contributed by atoms with Crippen molar-refractivity contribution < 1.29 is 9.47 Å². The Bertz CT molecular complexity index is 453. The number of rotatable bonds is 4. The number of thiophene rings is 1. The molecule has 1 spiro atoms. The average Bonchev–Trinajstić information content (AvgIpc) is 2.92. The Morgan fingerprint density at radius 2 is 2.19 bits per heavy atom. The van der Waals surface area contributed by atoms with Gasteiger partial charge in [0.15, 0.2) is 0 Å². The third-order valence-electron chi connectivity index (χ3n) is 4.73. The van der Waals surface area contributed by atoms with Gasteiger partial charge in [-0.15, -0.1) is 11.3 Å². The fourth-order valence-corrected chi connectivity index (χ4v) is 5.25. The van der Waals surface area contributed by atoms with Crippen LogP contribution >= 0.6 is 27.3 Å². The summed E-state index contributed by atoms with van der Waals surface area (Å²) in [5, 5.41) is 3.71. The maximum atomic E-state index is 6.19. The van der Waals surface area contributed by atoms with E-state index in [9.17, 15) is 0 Å². The van der Waals surface area contributed by atoms with Crippen molar-refractivity contribution in [3.63, 3.8) is 0 Å². The first-order chi connectivity index (χ1) is 10.2. The number of hydrogen-bond donors (Lipinski definition) is 1. The zero-order chi connectivity index (χ0) is 14.7. The number of hydrogen-bond acceptors (Lipinski definition) is 4. The van der Waals surface area contributed by atoms with Crippen LogP contribution in [0.25, 0.3) is 0 Å². The van der Waals surface area contributed by atoms with Crippen LogP contribution in [-0.2, 0) is 9.47 Å². The summed E-state index contributed by atoms with van der Waals surface area (Å²) in [6.45, 7) is 5.79. The largest absolute Gasteiger partial charge is 0.381 e. The molecule has 2 aliphatic heterocycles. The lowest BCUT2D eigenvalue weighted by Crippen LogP contribution is -2.46. The highest BCUT2D eigenvalue weighted by Crippen LogP contribution is 2.43. The maximum absolute atomic E-state index is 6.19. The zero-order valence-electron chi connectivity index (χ0n) is 12.6. The van der Waals surface area contributed by atoms with E-state index in [0.29, 0.717) is 12.0 Å². The molecule has 3 heterocycles. The second kappa shape index (κ2) is 7.09. The third kappa shape index (κ3) is 3.70. The Labute approximate surface area is 139 Å². The van der Waals surface area contributed by atoms with Gasteiger partial charge in [-0.2, -0.15) is 0 Å². The molecule has 0 saturated carbocycles. The Kier molecular flexibility index (Phi) is 5.38. The van der Waals surface area contributed by atoms with Gasteiger partial charge in [0.25, 0.3) is 0 Å². The third-order valence-corrected chi connectivity index (χ3v) is 6.44. The summed E-state index contributed by atoms with van der Waals surface area (Å²) in [6.07, 6.45) is 4.41. The molecule has 3 rings (SSSR count). The van der Waals surface area contributed by atoms with Gasteiger partial charge in [-0.05, 0) is 66.2 Å². The molecule has 5 heteroatoms. The average molecular weight is 374 g/mol. The Hall–Kier alpha value is 0.0600. The molecule has 2 fully saturated rings. The maximum Gasteiger partial charge on any atom is 0.0729 e. The molecule has 0 amide bonds. The van der Waals surface area contributed by atoms with E-state index in [4.69, 9.17) is 9.47 Å². The minimum absolute atomic E-state index is 0.0727. The van der Waals surface area contributed by atoms with Crippen molar-refractivity contribution in [2.24, 2.45) is 5.92 Å². The van der Waals surface area contributed by atoms with E-state index in [1.54, 1.807) is 0 Å². The van der Waals surface area contributed by atoms with Crippen molar-refractivity contribution in [3.05, 3.63) is 20.8 Å². The molecule has 1 aromatic rings. The lowest BCUT2D eigenvalue weighted by atomic mass is 9.77. The monoisotopic (exact) mass is 373 g/mol. The molecule has 1 N–H and O–H groups in total. The molecule has 3 nitrogen and oxygen atoms in total. The SMILES string of the molecule is CCNC(c1ccc(Br)s1)C1CCOC2(CCOCC2)C1. The van der Waals surface area contributed by atoms with Gasteiger partial charge < -0.3 is 14.8 Å². The van der Waals surface area contributed by atoms with Gasteiger partial charge in [0, 0.05) is 30.7 Å². The topological polar surface area (TPSA) is 30.5 Å². The molecule has 0 aromatic carbocycles. The highest BCUT2D eigenvalue weighted by atomic mass is 79.9. The highest BCUT2D eigenvalue weighted by molar-refractivity contribution is 9.11. The molecule has 21 heavy (non-hydrogen) atoms. The van der Waals surface area contributed by atoms with Gasteiger partial charge in [-0.1, -0.05) is 6.92 Å². The molecule has 0 aliphatic carbocycles. The van der Waals surface area contributed by atoms with E-state index in [-0.39, 0.29) is 5.60 Å². The molecule has 2 aliphatic rings. The molecule has 2 unspecified atom stereocenters. The summed E-state index contributed by atoms with van der Waals surface area (Å²) >= 11 is 5.45. The van der Waals surface area contributed by atoms with Crippen molar-refractivity contribution in [1.82, 2.24) is 5.32 Å². The van der Waals surface area contributed by atoms with Crippen LogP contribution in [0.5, 0.6) is 0 Å². The van der Waals surface area contributed by atoms with Crippen LogP contribution in [0.1, 0.15) is 43.5 Å². The Morgan fingerprint density at radius 3 is 2.86 bits per heavy atom. The van der Waals surface area contributed by atoms with Gasteiger partial charge in [0.05, 0.1) is 9.39 Å². The van der Waals surface area contributed by atoms with Gasteiger partial charge in [-0.3, -0.25) is 0 Å². The van der Waals surface area contributed by atoms with Crippen LogP contribution in [0.2, 0.25) is 0 Å². The lowest BCUT2D eigenvalue weighted by Gasteiger charge is -2.45. The lowest BCUT2D eigenvalue weighted by molar-refractivity contribution is -0.150. The normalized spacial score (nSPS) is 26.9. The second-order valence-corrected chi connectivity index (χ2v) is 8.57. The molecule has 0 radical (unpaired) electrons. The molecule has 2 atom stereocenters. The minimum atomic E-state index is 0.0727. The zero-order valence-corrected chi connectivity index (χ0v) is 15.0. The number of nitrogens with one attached hydrogen (secondary N) is 1. The van der Waals surface area contributed by atoms with E-state index >= 15 is 0 Å². The van der Waals surface area contributed by atoms with Crippen molar-refractivity contribution in [3.8, 4) is 0 Å². The molecule has 118 valence electrons. The molecule has 1 aromatic heterocycles. The van der Waals surface area contributed by atoms with E-state index in [1.165, 1.54) is 8.66 Å².